The fourth-order valence-electron chi connectivity index (χ4n) is 1.27. The number of nitrogens with zero attached hydrogens (tertiary/aromatic N) is 1. The molecule has 0 aliphatic carbocycles. The number of carbonyl (C=O) groups is 2. The average Bonchev–Trinajstić information content (AvgIpc) is 2.33. The van der Waals surface area contributed by atoms with Crippen LogP contribution in [0.3, 0.4) is 0 Å². The molecular weight excluding hydrogens is 256 g/mol. The van der Waals surface area contributed by atoms with Crippen LogP contribution in [0, 0.1) is 5.92 Å². The quantitative estimate of drug-likeness (QED) is 0.846. The zero-order valence-electron chi connectivity index (χ0n) is 14.4. The monoisotopic (exact) mass is 288 g/mol. The fourth-order valence-corrected chi connectivity index (χ4v) is 1.27. The van der Waals surface area contributed by atoms with Crippen molar-refractivity contribution in [3.63, 3.8) is 0 Å². The third kappa shape index (κ3) is 13.2. The lowest BCUT2D eigenvalue weighted by Gasteiger charge is -2.25. The molecule has 0 aromatic carbocycles. The minimum Gasteiger partial charge on any atom is -0.444 e. The van der Waals surface area contributed by atoms with Crippen LogP contribution in [-0.2, 0) is 9.53 Å². The number of nitrogens with one attached hydrogen (secondary N) is 1. The third-order valence-corrected chi connectivity index (χ3v) is 2.36. The summed E-state index contributed by atoms with van der Waals surface area (Å²) in [6, 6.07) is 0. The van der Waals surface area contributed by atoms with Crippen molar-refractivity contribution in [2.75, 3.05) is 20.1 Å². The van der Waals surface area contributed by atoms with Gasteiger partial charge in [0.05, 0.1) is 0 Å². The fraction of sp³-hybridized carbons (Fsp3) is 0.867. The molecule has 0 bridgehead atoms. The van der Waals surface area contributed by atoms with Crippen molar-refractivity contribution in [3.8, 4) is 0 Å². The molecule has 5 heteroatoms. The molecule has 0 aromatic rings. The second-order valence-corrected chi connectivity index (χ2v) is 5.73. The van der Waals surface area contributed by atoms with Gasteiger partial charge in [0, 0.05) is 27.1 Å². The first-order valence-corrected chi connectivity index (χ1v) is 7.30. The Labute approximate surface area is 124 Å². The van der Waals surface area contributed by atoms with E-state index in [1.54, 1.807) is 11.9 Å². The highest BCUT2D eigenvalue weighted by molar-refractivity contribution is 5.72. The predicted octanol–water partition coefficient (Wildman–Crippen LogP) is 3.04. The van der Waals surface area contributed by atoms with Gasteiger partial charge in [-0.3, -0.25) is 4.79 Å². The van der Waals surface area contributed by atoms with Gasteiger partial charge in [-0.1, -0.05) is 20.8 Å². The smallest absolute Gasteiger partial charge is 0.410 e. The highest BCUT2D eigenvalue weighted by atomic mass is 16.6. The van der Waals surface area contributed by atoms with Crippen LogP contribution in [0.15, 0.2) is 0 Å². The van der Waals surface area contributed by atoms with E-state index in [2.05, 4.69) is 5.32 Å². The summed E-state index contributed by atoms with van der Waals surface area (Å²) in [7, 11) is 1.72. The van der Waals surface area contributed by atoms with Gasteiger partial charge < -0.3 is 15.0 Å². The number of rotatable bonds is 5. The Kier molecular flexibility index (Phi) is 11.1. The molecule has 1 unspecified atom stereocenters. The number of hydrogen-bond acceptors (Lipinski definition) is 3. The van der Waals surface area contributed by atoms with Crippen LogP contribution in [0.25, 0.3) is 0 Å². The van der Waals surface area contributed by atoms with Gasteiger partial charge in [0.25, 0.3) is 0 Å². The average molecular weight is 288 g/mol. The van der Waals surface area contributed by atoms with Gasteiger partial charge in [-0.2, -0.15) is 0 Å². The molecule has 0 saturated heterocycles. The van der Waals surface area contributed by atoms with E-state index in [1.165, 1.54) is 6.92 Å². The Morgan fingerprint density at radius 1 is 1.25 bits per heavy atom. The zero-order chi connectivity index (χ0) is 16.3. The topological polar surface area (TPSA) is 58.6 Å². The Morgan fingerprint density at radius 2 is 1.75 bits per heavy atom. The van der Waals surface area contributed by atoms with Crippen molar-refractivity contribution in [3.05, 3.63) is 0 Å². The molecule has 2 amide bonds. The van der Waals surface area contributed by atoms with Crippen LogP contribution in [0.5, 0.6) is 0 Å². The molecule has 0 saturated carbocycles. The first-order valence-electron chi connectivity index (χ1n) is 7.30. The Bertz CT molecular complexity index is 285. The maximum atomic E-state index is 11.7. The standard InChI is InChI=1S/C13H26N2O3.C2H6/c1-10(9-14-11(2)16)7-8-15(6)12(17)18-13(3,4)5;1-2/h10H,7-9H2,1-6H3,(H,14,16);1-2H3. The maximum absolute atomic E-state index is 11.7. The van der Waals surface area contributed by atoms with Gasteiger partial charge in [0.1, 0.15) is 5.60 Å². The molecule has 0 spiro atoms. The van der Waals surface area contributed by atoms with Crippen molar-refractivity contribution < 1.29 is 14.3 Å². The Morgan fingerprint density at radius 3 is 2.15 bits per heavy atom. The van der Waals surface area contributed by atoms with E-state index in [9.17, 15) is 9.59 Å². The highest BCUT2D eigenvalue weighted by Crippen LogP contribution is 2.10. The summed E-state index contributed by atoms with van der Waals surface area (Å²) in [6.45, 7) is 14.3. The third-order valence-electron chi connectivity index (χ3n) is 2.36. The van der Waals surface area contributed by atoms with Crippen LogP contribution >= 0.6 is 0 Å². The van der Waals surface area contributed by atoms with Gasteiger partial charge in [-0.15, -0.1) is 0 Å². The van der Waals surface area contributed by atoms with E-state index in [0.717, 1.165) is 6.42 Å². The first kappa shape index (κ1) is 21.0. The van der Waals surface area contributed by atoms with E-state index in [0.29, 0.717) is 19.0 Å². The van der Waals surface area contributed by atoms with Crippen molar-refractivity contribution in [1.82, 2.24) is 10.2 Å². The Balaban J connectivity index is 0. The molecular formula is C15H32N2O3. The lowest BCUT2D eigenvalue weighted by Crippen LogP contribution is -2.36. The van der Waals surface area contributed by atoms with Crippen LogP contribution in [0.2, 0.25) is 0 Å². The van der Waals surface area contributed by atoms with E-state index in [1.807, 2.05) is 41.5 Å². The molecule has 0 heterocycles. The predicted molar refractivity (Wildman–Crippen MR) is 82.7 cm³/mol. The molecule has 1 atom stereocenters. The summed E-state index contributed by atoms with van der Waals surface area (Å²) < 4.78 is 5.25. The highest BCUT2D eigenvalue weighted by Gasteiger charge is 2.19. The Hall–Kier alpha value is -1.26. The van der Waals surface area contributed by atoms with Crippen LogP contribution in [0.4, 0.5) is 4.79 Å². The van der Waals surface area contributed by atoms with Crippen LogP contribution in [-0.4, -0.2) is 42.6 Å². The summed E-state index contributed by atoms with van der Waals surface area (Å²) in [6.07, 6.45) is 0.518. The zero-order valence-corrected chi connectivity index (χ0v) is 14.4. The van der Waals surface area contributed by atoms with Gasteiger partial charge in [0.2, 0.25) is 5.91 Å². The molecule has 0 fully saturated rings. The van der Waals surface area contributed by atoms with E-state index < -0.39 is 5.60 Å². The number of hydrogen-bond donors (Lipinski definition) is 1. The lowest BCUT2D eigenvalue weighted by molar-refractivity contribution is -0.119. The molecule has 5 nitrogen and oxygen atoms in total. The first-order chi connectivity index (χ1) is 9.11. The second kappa shape index (κ2) is 10.5. The number of ether oxygens (including phenoxy) is 1. The number of amides is 2. The SMILES string of the molecule is CC.CC(=O)NCC(C)CCN(C)C(=O)OC(C)(C)C. The minimum atomic E-state index is -0.465. The van der Waals surface area contributed by atoms with E-state index in [-0.39, 0.29) is 12.0 Å². The lowest BCUT2D eigenvalue weighted by atomic mass is 10.1. The van der Waals surface area contributed by atoms with E-state index in [4.69, 9.17) is 4.74 Å². The van der Waals surface area contributed by atoms with Crippen molar-refractivity contribution in [2.45, 2.75) is 60.5 Å². The summed E-state index contributed by atoms with van der Waals surface area (Å²) in [4.78, 5) is 24.0. The molecule has 0 aliphatic rings. The summed E-state index contributed by atoms with van der Waals surface area (Å²) in [5.41, 5.74) is -0.465. The van der Waals surface area contributed by atoms with Gasteiger partial charge in [-0.05, 0) is 33.1 Å². The molecule has 120 valence electrons. The van der Waals surface area contributed by atoms with Crippen molar-refractivity contribution in [1.29, 1.82) is 0 Å². The summed E-state index contributed by atoms with van der Waals surface area (Å²) in [5.74, 6) is 0.307. The molecule has 0 aromatic heterocycles. The van der Waals surface area contributed by atoms with Crippen LogP contribution < -0.4 is 5.32 Å². The van der Waals surface area contributed by atoms with Gasteiger partial charge in [-0.25, -0.2) is 4.79 Å². The van der Waals surface area contributed by atoms with Crippen molar-refractivity contribution in [2.24, 2.45) is 5.92 Å². The van der Waals surface area contributed by atoms with Gasteiger partial charge >= 0.3 is 6.09 Å². The van der Waals surface area contributed by atoms with Crippen molar-refractivity contribution >= 4 is 12.0 Å². The normalized spacial score (nSPS) is 11.8. The maximum Gasteiger partial charge on any atom is 0.410 e. The second-order valence-electron chi connectivity index (χ2n) is 5.73. The van der Waals surface area contributed by atoms with Crippen LogP contribution in [0.1, 0.15) is 54.9 Å². The number of carbonyl (C=O) groups excluding carboxylic acids is 2. The minimum absolute atomic E-state index is 0.0256. The summed E-state index contributed by atoms with van der Waals surface area (Å²) >= 11 is 0. The molecule has 0 rings (SSSR count). The molecule has 20 heavy (non-hydrogen) atoms. The van der Waals surface area contributed by atoms with Gasteiger partial charge in [0.15, 0.2) is 0 Å². The largest absolute Gasteiger partial charge is 0.444 e. The summed E-state index contributed by atoms with van der Waals surface area (Å²) in [5, 5.41) is 2.76. The molecule has 0 aliphatic heterocycles. The molecule has 1 N–H and O–H groups in total. The molecule has 0 radical (unpaired) electrons. The van der Waals surface area contributed by atoms with E-state index >= 15 is 0 Å².